The minimum Gasteiger partial charge on any atom is -0.325 e. The number of anilines is 1. The molecule has 128 valence electrons. The molecule has 4 heteroatoms. The summed E-state index contributed by atoms with van der Waals surface area (Å²) in [5.74, 6) is 0.184. The summed E-state index contributed by atoms with van der Waals surface area (Å²) >= 11 is 0. The van der Waals surface area contributed by atoms with Crippen LogP contribution in [0.25, 0.3) is 0 Å². The van der Waals surface area contributed by atoms with Crippen LogP contribution in [0.1, 0.15) is 37.5 Å². The summed E-state index contributed by atoms with van der Waals surface area (Å²) in [6.07, 6.45) is 0. The molecule has 24 heavy (non-hydrogen) atoms. The smallest absolute Gasteiger partial charge is 0.237 e. The Balaban J connectivity index is 1.88. The molecule has 1 amide bonds. The zero-order valence-electron chi connectivity index (χ0n) is 14.8. The molecule has 0 aliphatic rings. The fraction of sp³-hybridized carbons (Fsp3) is 0.350. The zero-order valence-corrected chi connectivity index (χ0v) is 15.6. The highest BCUT2D eigenvalue weighted by Gasteiger charge is 2.14. The number of amides is 1. The Kier molecular flexibility index (Phi) is 5.94. The highest BCUT2D eigenvalue weighted by molar-refractivity contribution is 7.84. The van der Waals surface area contributed by atoms with Crippen LogP contribution in [0.2, 0.25) is 0 Å². The fourth-order valence-electron chi connectivity index (χ4n) is 2.32. The summed E-state index contributed by atoms with van der Waals surface area (Å²) in [6, 6.07) is 15.7. The lowest BCUT2D eigenvalue weighted by atomic mass is 9.87. The number of carbonyl (C=O) groups excluding carboxylic acids is 1. The minimum absolute atomic E-state index is 0.00883. The Labute approximate surface area is 146 Å². The molecule has 3 nitrogen and oxygen atoms in total. The summed E-state index contributed by atoms with van der Waals surface area (Å²) in [5, 5.41) is 2.78. The fourth-order valence-corrected chi connectivity index (χ4v) is 3.35. The first-order chi connectivity index (χ1) is 11.2. The van der Waals surface area contributed by atoms with Crippen molar-refractivity contribution < 1.29 is 9.00 Å². The highest BCUT2D eigenvalue weighted by Crippen LogP contribution is 2.22. The van der Waals surface area contributed by atoms with Gasteiger partial charge in [0.05, 0.1) is 0 Å². The largest absolute Gasteiger partial charge is 0.325 e. The molecular weight excluding hydrogens is 318 g/mol. The van der Waals surface area contributed by atoms with Gasteiger partial charge in [0.15, 0.2) is 0 Å². The van der Waals surface area contributed by atoms with Crippen molar-refractivity contribution in [1.29, 1.82) is 0 Å². The number of nitrogens with one attached hydrogen (secondary N) is 1. The predicted molar refractivity (Wildman–Crippen MR) is 102 cm³/mol. The van der Waals surface area contributed by atoms with E-state index in [0.29, 0.717) is 5.75 Å². The normalized spacial score (nSPS) is 12.7. The summed E-state index contributed by atoms with van der Waals surface area (Å²) in [5.41, 5.74) is 4.21. The van der Waals surface area contributed by atoms with E-state index in [-0.39, 0.29) is 17.1 Å². The first-order valence-electron chi connectivity index (χ1n) is 8.05. The topological polar surface area (TPSA) is 46.2 Å². The lowest BCUT2D eigenvalue weighted by Crippen LogP contribution is -2.20. The van der Waals surface area contributed by atoms with Gasteiger partial charge in [-0.05, 0) is 35.6 Å². The van der Waals surface area contributed by atoms with Crippen LogP contribution >= 0.6 is 0 Å². The maximum atomic E-state index is 12.2. The number of carbonyl (C=O) groups is 1. The van der Waals surface area contributed by atoms with E-state index in [9.17, 15) is 9.00 Å². The Bertz CT molecular complexity index is 713. The van der Waals surface area contributed by atoms with E-state index in [4.69, 9.17) is 0 Å². The van der Waals surface area contributed by atoms with Crippen LogP contribution in [-0.4, -0.2) is 15.9 Å². The summed E-state index contributed by atoms with van der Waals surface area (Å²) in [4.78, 5) is 12.0. The quantitative estimate of drug-likeness (QED) is 0.885. The van der Waals surface area contributed by atoms with E-state index in [1.54, 1.807) is 0 Å². The van der Waals surface area contributed by atoms with Crippen molar-refractivity contribution in [2.24, 2.45) is 0 Å². The molecule has 0 saturated carbocycles. The van der Waals surface area contributed by atoms with E-state index in [1.807, 2.05) is 43.3 Å². The third-order valence-electron chi connectivity index (χ3n) is 3.78. The molecule has 0 saturated heterocycles. The molecule has 0 spiro atoms. The third-order valence-corrected chi connectivity index (χ3v) is 5.01. The molecule has 0 aliphatic carbocycles. The lowest BCUT2D eigenvalue weighted by Gasteiger charge is -2.19. The number of hydrogen-bond acceptors (Lipinski definition) is 2. The van der Waals surface area contributed by atoms with Crippen LogP contribution in [0.15, 0.2) is 48.5 Å². The molecular formula is C20H25NO2S. The Hall–Kier alpha value is -1.94. The Morgan fingerprint density at radius 2 is 1.58 bits per heavy atom. The number of aryl methyl sites for hydroxylation is 1. The van der Waals surface area contributed by atoms with Crippen LogP contribution in [0.4, 0.5) is 5.69 Å². The van der Waals surface area contributed by atoms with Gasteiger partial charge in [0.1, 0.15) is 5.75 Å². The van der Waals surface area contributed by atoms with Crippen LogP contribution in [0.3, 0.4) is 0 Å². The average Bonchev–Trinajstić information content (AvgIpc) is 2.49. The van der Waals surface area contributed by atoms with E-state index in [0.717, 1.165) is 16.8 Å². The highest BCUT2D eigenvalue weighted by atomic mass is 32.2. The van der Waals surface area contributed by atoms with Crippen molar-refractivity contribution in [2.45, 2.75) is 38.9 Å². The van der Waals surface area contributed by atoms with Crippen molar-refractivity contribution in [3.8, 4) is 0 Å². The average molecular weight is 343 g/mol. The molecule has 2 aromatic rings. The van der Waals surface area contributed by atoms with Crippen molar-refractivity contribution in [3.05, 3.63) is 65.2 Å². The first kappa shape index (κ1) is 18.4. The molecule has 0 radical (unpaired) electrons. The van der Waals surface area contributed by atoms with Crippen molar-refractivity contribution >= 4 is 22.4 Å². The van der Waals surface area contributed by atoms with Gasteiger partial charge in [0.2, 0.25) is 5.91 Å². The summed E-state index contributed by atoms with van der Waals surface area (Å²) in [7, 11) is -1.22. The van der Waals surface area contributed by atoms with Gasteiger partial charge in [-0.3, -0.25) is 9.00 Å². The summed E-state index contributed by atoms with van der Waals surface area (Å²) in [6.45, 7) is 8.48. The van der Waals surface area contributed by atoms with Crippen molar-refractivity contribution in [3.63, 3.8) is 0 Å². The standard InChI is InChI=1S/C20H25NO2S/c1-15-5-11-18(12-6-15)21-19(22)14-24(23)13-16-7-9-17(10-8-16)20(2,3)4/h5-12H,13-14H2,1-4H3,(H,21,22). The monoisotopic (exact) mass is 343 g/mol. The Morgan fingerprint density at radius 3 is 2.12 bits per heavy atom. The molecule has 2 aromatic carbocycles. The lowest BCUT2D eigenvalue weighted by molar-refractivity contribution is -0.113. The van der Waals surface area contributed by atoms with E-state index in [2.05, 4.69) is 38.2 Å². The molecule has 0 heterocycles. The second-order valence-electron chi connectivity index (χ2n) is 7.09. The molecule has 0 fully saturated rings. The molecule has 1 atom stereocenters. The molecule has 1 N–H and O–H groups in total. The van der Waals surface area contributed by atoms with Crippen molar-refractivity contribution in [2.75, 3.05) is 11.1 Å². The van der Waals surface area contributed by atoms with Crippen LogP contribution in [0, 0.1) is 6.92 Å². The Morgan fingerprint density at radius 1 is 1.00 bits per heavy atom. The van der Waals surface area contributed by atoms with E-state index < -0.39 is 10.8 Å². The van der Waals surface area contributed by atoms with Gasteiger partial charge in [-0.25, -0.2) is 0 Å². The maximum absolute atomic E-state index is 12.2. The number of hydrogen-bond donors (Lipinski definition) is 1. The molecule has 2 rings (SSSR count). The van der Waals surface area contributed by atoms with Gasteiger partial charge in [-0.15, -0.1) is 0 Å². The van der Waals surface area contributed by atoms with Crippen LogP contribution in [0.5, 0.6) is 0 Å². The van der Waals surface area contributed by atoms with Gasteiger partial charge < -0.3 is 5.32 Å². The number of rotatable bonds is 5. The molecule has 0 bridgehead atoms. The van der Waals surface area contributed by atoms with E-state index >= 15 is 0 Å². The molecule has 0 aromatic heterocycles. The zero-order chi connectivity index (χ0) is 17.7. The number of benzene rings is 2. The van der Waals surface area contributed by atoms with Gasteiger partial charge in [0, 0.05) is 22.2 Å². The van der Waals surface area contributed by atoms with Crippen LogP contribution in [-0.2, 0) is 26.8 Å². The molecule has 0 aliphatic heterocycles. The second kappa shape index (κ2) is 7.75. The predicted octanol–water partition coefficient (Wildman–Crippen LogP) is 4.18. The third kappa shape index (κ3) is 5.60. The van der Waals surface area contributed by atoms with Gasteiger partial charge >= 0.3 is 0 Å². The minimum atomic E-state index is -1.22. The SMILES string of the molecule is Cc1ccc(NC(=O)CS(=O)Cc2ccc(C(C)(C)C)cc2)cc1. The van der Waals surface area contributed by atoms with Gasteiger partial charge in [-0.1, -0.05) is 62.7 Å². The first-order valence-corrected chi connectivity index (χ1v) is 9.54. The van der Waals surface area contributed by atoms with Gasteiger partial charge in [-0.2, -0.15) is 0 Å². The second-order valence-corrected chi connectivity index (χ2v) is 8.55. The van der Waals surface area contributed by atoms with E-state index in [1.165, 1.54) is 5.56 Å². The maximum Gasteiger partial charge on any atom is 0.237 e. The van der Waals surface area contributed by atoms with Crippen molar-refractivity contribution in [1.82, 2.24) is 0 Å². The van der Waals surface area contributed by atoms with Crippen LogP contribution < -0.4 is 5.32 Å². The molecule has 1 unspecified atom stereocenters. The van der Waals surface area contributed by atoms with Gasteiger partial charge in [0.25, 0.3) is 0 Å². The summed E-state index contributed by atoms with van der Waals surface area (Å²) < 4.78 is 12.2.